The van der Waals surface area contributed by atoms with E-state index in [1.54, 1.807) is 0 Å². The molecule has 5 aliphatic rings. The van der Waals surface area contributed by atoms with Crippen LogP contribution in [0.3, 0.4) is 0 Å². The highest BCUT2D eigenvalue weighted by atomic mass is 31.3. The summed E-state index contributed by atoms with van der Waals surface area (Å²) in [5.41, 5.74) is 1.13. The third-order valence-corrected chi connectivity index (χ3v) is 20.1. The Bertz CT molecular complexity index is 1150. The molecule has 0 unspecified atom stereocenters. The van der Waals surface area contributed by atoms with E-state index in [1.807, 2.05) is 6.07 Å². The molecular weight excluding hydrogens is 593 g/mol. The van der Waals surface area contributed by atoms with Gasteiger partial charge in [0, 0.05) is 24.7 Å². The zero-order valence-corrected chi connectivity index (χ0v) is 28.9. The third kappa shape index (κ3) is 9.37. The summed E-state index contributed by atoms with van der Waals surface area (Å²) in [5, 5.41) is 15.8. The Balaban J connectivity index is 1.43. The molecule has 0 spiro atoms. The number of hydrogen-bond donors (Lipinski definition) is 6. The average Bonchev–Trinajstić information content (AvgIpc) is 3.02. The van der Waals surface area contributed by atoms with Crippen LogP contribution in [0.5, 0.6) is 0 Å². The number of hydrogen-bond acceptors (Lipinski definition) is 4. The molecule has 1 aliphatic heterocycles. The normalized spacial score (nSPS) is 31.8. The van der Waals surface area contributed by atoms with E-state index in [1.165, 1.54) is 77.0 Å². The second-order valence-electron chi connectivity index (χ2n) is 13.8. The Morgan fingerprint density at radius 1 is 0.651 bits per heavy atom. The van der Waals surface area contributed by atoms with Gasteiger partial charge >= 0.3 is 0 Å². The monoisotopic (exact) mass is 650 g/mol. The highest BCUT2D eigenvalue weighted by Gasteiger charge is 2.46. The van der Waals surface area contributed by atoms with Crippen molar-refractivity contribution in [3.05, 3.63) is 35.9 Å². The van der Waals surface area contributed by atoms with Gasteiger partial charge in [-0.1, -0.05) is 107 Å². The fourth-order valence-electron chi connectivity index (χ4n) is 7.72. The van der Waals surface area contributed by atoms with Gasteiger partial charge in [0.1, 0.15) is 0 Å². The molecule has 9 nitrogen and oxygen atoms in total. The second kappa shape index (κ2) is 15.5. The predicted molar refractivity (Wildman–Crippen MR) is 183 cm³/mol. The lowest BCUT2D eigenvalue weighted by molar-refractivity contribution is 0.402. The largest absolute Gasteiger partial charge is 0.292 e. The number of nitrogens with one attached hydrogen (secondary N) is 6. The highest BCUT2D eigenvalue weighted by molar-refractivity contribution is 7.87. The number of nitrogens with zero attached hydrogens (tertiary/aromatic N) is 2. The SMILES string of the molecule is O=[P@]1(NCc2ccccc2)NP(NC2CCCCC2)(NC2CCCCC2)=N[P@@](=NC2CCCCC2)(NC2CCCCC2)N1. The fourth-order valence-corrected chi connectivity index (χ4v) is 20.0. The zero-order valence-electron chi connectivity index (χ0n) is 26.2. The van der Waals surface area contributed by atoms with Crippen molar-refractivity contribution in [3.8, 4) is 0 Å². The van der Waals surface area contributed by atoms with Crippen LogP contribution >= 0.6 is 22.6 Å². The Morgan fingerprint density at radius 2 is 1.14 bits per heavy atom. The topological polar surface area (TPSA) is 114 Å². The van der Waals surface area contributed by atoms with Crippen LogP contribution in [0.1, 0.15) is 134 Å². The van der Waals surface area contributed by atoms with E-state index < -0.39 is 22.6 Å². The molecule has 1 heterocycles. The van der Waals surface area contributed by atoms with Crippen molar-refractivity contribution >= 4 is 22.6 Å². The van der Waals surface area contributed by atoms with Crippen molar-refractivity contribution in [3.63, 3.8) is 0 Å². The van der Waals surface area contributed by atoms with Crippen LogP contribution in [0.2, 0.25) is 0 Å². The van der Waals surface area contributed by atoms with E-state index in [0.717, 1.165) is 56.9 Å². The van der Waals surface area contributed by atoms with E-state index >= 15 is 4.57 Å². The van der Waals surface area contributed by atoms with Gasteiger partial charge in [0.15, 0.2) is 7.51 Å². The fraction of sp³-hybridized carbons (Fsp3) is 0.806. The minimum atomic E-state index is -3.32. The van der Waals surface area contributed by atoms with Crippen LogP contribution in [0.25, 0.3) is 0 Å². The maximum atomic E-state index is 15.3. The number of rotatable bonds is 10. The maximum absolute atomic E-state index is 15.3. The summed E-state index contributed by atoms with van der Waals surface area (Å²) in [6.45, 7) is 0.526. The quantitative estimate of drug-likeness (QED) is 0.140. The summed E-state index contributed by atoms with van der Waals surface area (Å²) in [6, 6.07) is 11.7. The Kier molecular flexibility index (Phi) is 11.8. The molecule has 12 heteroatoms. The molecule has 242 valence electrons. The maximum Gasteiger partial charge on any atom is 0.292 e. The summed E-state index contributed by atoms with van der Waals surface area (Å²) in [7, 11) is -8.71. The van der Waals surface area contributed by atoms with E-state index in [4.69, 9.17) is 9.26 Å². The first-order valence-corrected chi connectivity index (χ1v) is 22.7. The van der Waals surface area contributed by atoms with Crippen LogP contribution < -0.4 is 30.1 Å². The third-order valence-electron chi connectivity index (χ3n) is 10.0. The molecule has 4 saturated carbocycles. The first-order valence-electron chi connectivity index (χ1n) is 17.6. The van der Waals surface area contributed by atoms with Gasteiger partial charge in [0.2, 0.25) is 7.51 Å². The summed E-state index contributed by atoms with van der Waals surface area (Å²) >= 11 is 0. The minimum absolute atomic E-state index is 0.265. The Labute approximate surface area is 261 Å². The van der Waals surface area contributed by atoms with Gasteiger partial charge in [-0.05, 0) is 56.9 Å². The molecule has 1 aromatic rings. The smallest absolute Gasteiger partial charge is 0.270 e. The summed E-state index contributed by atoms with van der Waals surface area (Å²) in [6.07, 6.45) is 24.2. The van der Waals surface area contributed by atoms with Gasteiger partial charge in [-0.25, -0.2) is 5.09 Å². The minimum Gasteiger partial charge on any atom is -0.270 e. The Hall–Kier alpha value is -0.330. The van der Waals surface area contributed by atoms with E-state index in [0.29, 0.717) is 24.7 Å². The molecule has 0 radical (unpaired) electrons. The highest BCUT2D eigenvalue weighted by Crippen LogP contribution is 2.68. The van der Waals surface area contributed by atoms with Crippen LogP contribution in [0.15, 0.2) is 39.6 Å². The lowest BCUT2D eigenvalue weighted by Gasteiger charge is -2.45. The van der Waals surface area contributed by atoms with Crippen molar-refractivity contribution in [1.82, 2.24) is 30.1 Å². The molecule has 4 aliphatic carbocycles. The van der Waals surface area contributed by atoms with Crippen molar-refractivity contribution in [2.24, 2.45) is 9.26 Å². The van der Waals surface area contributed by atoms with Crippen molar-refractivity contribution in [1.29, 1.82) is 0 Å². The van der Waals surface area contributed by atoms with E-state index in [-0.39, 0.29) is 6.04 Å². The summed E-state index contributed by atoms with van der Waals surface area (Å²) in [4.78, 5) is 7.41. The molecule has 0 amide bonds. The number of benzene rings is 1. The average molecular weight is 651 g/mol. The van der Waals surface area contributed by atoms with Gasteiger partial charge < -0.3 is 0 Å². The van der Waals surface area contributed by atoms with Crippen LogP contribution in [-0.4, -0.2) is 24.2 Å². The van der Waals surface area contributed by atoms with Gasteiger partial charge in [-0.15, -0.1) is 0 Å². The molecule has 6 rings (SSSR count). The van der Waals surface area contributed by atoms with Gasteiger partial charge in [0.25, 0.3) is 7.59 Å². The van der Waals surface area contributed by atoms with Crippen LogP contribution in [0.4, 0.5) is 0 Å². The second-order valence-corrected chi connectivity index (χ2v) is 21.1. The van der Waals surface area contributed by atoms with Crippen molar-refractivity contribution in [2.45, 2.75) is 159 Å². The van der Waals surface area contributed by atoms with E-state index in [9.17, 15) is 0 Å². The molecule has 4 fully saturated rings. The molecular formula is C31H57N8OP3. The van der Waals surface area contributed by atoms with Crippen LogP contribution in [0, 0.1) is 0 Å². The first kappa shape index (κ1) is 32.6. The molecule has 0 bridgehead atoms. The molecule has 6 N–H and O–H groups in total. The standard InChI is InChI=1S/C31H57N8OP3/c40-43(32-26-27-16-6-1-7-17-27)38-41(33-28-18-8-2-9-19-28,34-29-20-10-3-11-21-29)37-42(39-43,35-30-22-12-4-13-23-30)36-31-24-14-5-15-25-31/h1,6-7,16-17,28-31,33-35H,2-5,8-15,18-26H2,(H3,32,38,39,40)/t42-,43+/m0/s1. The van der Waals surface area contributed by atoms with Gasteiger partial charge in [-0.2, -0.15) is 14.2 Å². The molecule has 0 aromatic heterocycles. The Morgan fingerprint density at radius 3 is 1.67 bits per heavy atom. The van der Waals surface area contributed by atoms with E-state index in [2.05, 4.69) is 54.3 Å². The molecule has 1 aromatic carbocycles. The van der Waals surface area contributed by atoms with Gasteiger partial charge in [0.05, 0.1) is 6.04 Å². The summed E-state index contributed by atoms with van der Waals surface area (Å²) < 4.78 is 26.8. The summed E-state index contributed by atoms with van der Waals surface area (Å²) in [5.74, 6) is 0. The predicted octanol–water partition coefficient (Wildman–Crippen LogP) is 9.07. The van der Waals surface area contributed by atoms with Crippen molar-refractivity contribution < 1.29 is 4.57 Å². The van der Waals surface area contributed by atoms with Crippen molar-refractivity contribution in [2.75, 3.05) is 0 Å². The molecule has 2 atom stereocenters. The molecule has 0 saturated heterocycles. The lowest BCUT2D eigenvalue weighted by atomic mass is 9.96. The van der Waals surface area contributed by atoms with Gasteiger partial charge in [-0.3, -0.25) is 24.6 Å². The first-order chi connectivity index (χ1) is 21.0. The zero-order chi connectivity index (χ0) is 29.4. The van der Waals surface area contributed by atoms with Crippen LogP contribution in [-0.2, 0) is 11.1 Å². The molecule has 43 heavy (non-hydrogen) atoms. The lowest BCUT2D eigenvalue weighted by Crippen LogP contribution is -2.48.